The van der Waals surface area contributed by atoms with Crippen molar-refractivity contribution in [2.24, 2.45) is 0 Å². The van der Waals surface area contributed by atoms with Crippen molar-refractivity contribution in [1.29, 1.82) is 0 Å². The van der Waals surface area contributed by atoms with Crippen molar-refractivity contribution in [2.75, 3.05) is 5.32 Å². The van der Waals surface area contributed by atoms with Gasteiger partial charge in [-0.25, -0.2) is 15.0 Å². The number of hydrogen-bond acceptors (Lipinski definition) is 6. The normalized spacial score (nSPS) is 14.2. The van der Waals surface area contributed by atoms with Crippen LogP contribution in [0.1, 0.15) is 55.9 Å². The molecule has 0 fully saturated rings. The molecule has 1 unspecified atom stereocenters. The highest BCUT2D eigenvalue weighted by Crippen LogP contribution is 2.35. The van der Waals surface area contributed by atoms with Gasteiger partial charge in [-0.2, -0.15) is 13.2 Å². The van der Waals surface area contributed by atoms with E-state index in [-0.39, 0.29) is 16.6 Å². The highest BCUT2D eigenvalue weighted by Gasteiger charge is 2.34. The molecular formula is C19H16ClF3N6O2S. The van der Waals surface area contributed by atoms with E-state index in [1.54, 1.807) is 6.92 Å². The van der Waals surface area contributed by atoms with E-state index in [1.165, 1.54) is 12.4 Å². The van der Waals surface area contributed by atoms with E-state index in [4.69, 9.17) is 11.6 Å². The molecule has 0 spiro atoms. The number of nitrogens with zero attached hydrogens (tertiary/aromatic N) is 4. The lowest BCUT2D eigenvalue weighted by Gasteiger charge is -2.12. The minimum atomic E-state index is -4.68. The van der Waals surface area contributed by atoms with Crippen molar-refractivity contribution in [2.45, 2.75) is 38.5 Å². The van der Waals surface area contributed by atoms with E-state index < -0.39 is 28.7 Å². The molecule has 2 amide bonds. The summed E-state index contributed by atoms with van der Waals surface area (Å²) in [5.41, 5.74) is -0.634. The van der Waals surface area contributed by atoms with Crippen LogP contribution in [0.2, 0.25) is 5.02 Å². The number of imidazole rings is 1. The van der Waals surface area contributed by atoms with Gasteiger partial charge in [-0.05, 0) is 19.4 Å². The molecule has 0 saturated carbocycles. The Morgan fingerprint density at radius 3 is 2.72 bits per heavy atom. The van der Waals surface area contributed by atoms with Gasteiger partial charge in [0, 0.05) is 19.2 Å². The molecule has 1 aliphatic rings. The molecule has 0 radical (unpaired) electrons. The second-order valence-electron chi connectivity index (χ2n) is 7.07. The second-order valence-corrected chi connectivity index (χ2v) is 8.54. The fourth-order valence-electron chi connectivity index (χ4n) is 3.27. The van der Waals surface area contributed by atoms with Crippen LogP contribution in [-0.2, 0) is 19.1 Å². The van der Waals surface area contributed by atoms with Gasteiger partial charge in [-0.1, -0.05) is 11.6 Å². The van der Waals surface area contributed by atoms with Crippen LogP contribution in [0.3, 0.4) is 0 Å². The molecule has 4 heterocycles. The summed E-state index contributed by atoms with van der Waals surface area (Å²) < 4.78 is 40.8. The number of fused-ring (bicyclic) bond motifs is 1. The summed E-state index contributed by atoms with van der Waals surface area (Å²) in [6.07, 6.45) is 0.738. The highest BCUT2D eigenvalue weighted by atomic mass is 35.5. The Hall–Kier alpha value is -2.99. The van der Waals surface area contributed by atoms with E-state index >= 15 is 0 Å². The molecule has 0 bridgehead atoms. The Kier molecular flexibility index (Phi) is 5.91. The quantitative estimate of drug-likeness (QED) is 0.568. The van der Waals surface area contributed by atoms with Crippen LogP contribution in [0, 0.1) is 0 Å². The lowest BCUT2D eigenvalue weighted by Crippen LogP contribution is -2.28. The van der Waals surface area contributed by atoms with Gasteiger partial charge in [0.05, 0.1) is 29.0 Å². The third-order valence-electron chi connectivity index (χ3n) is 4.82. The molecule has 2 N–H and O–H groups in total. The molecule has 0 aliphatic carbocycles. The van der Waals surface area contributed by atoms with Crippen LogP contribution < -0.4 is 10.6 Å². The van der Waals surface area contributed by atoms with E-state index in [0.29, 0.717) is 16.8 Å². The average Bonchev–Trinajstić information content (AvgIpc) is 3.45. The zero-order valence-corrected chi connectivity index (χ0v) is 18.1. The summed E-state index contributed by atoms with van der Waals surface area (Å²) >= 11 is 6.55. The number of amides is 2. The van der Waals surface area contributed by atoms with Gasteiger partial charge in [0.15, 0.2) is 0 Å². The van der Waals surface area contributed by atoms with Crippen molar-refractivity contribution < 1.29 is 22.8 Å². The zero-order valence-electron chi connectivity index (χ0n) is 16.5. The zero-order chi connectivity index (χ0) is 23.0. The Morgan fingerprint density at radius 1 is 1.19 bits per heavy atom. The van der Waals surface area contributed by atoms with Crippen molar-refractivity contribution in [3.63, 3.8) is 0 Å². The van der Waals surface area contributed by atoms with Crippen molar-refractivity contribution >= 4 is 40.6 Å². The smallest absolute Gasteiger partial charge is 0.342 e. The minimum Gasteiger partial charge on any atom is -0.342 e. The number of anilines is 1. The Balaban J connectivity index is 1.43. The van der Waals surface area contributed by atoms with E-state index in [9.17, 15) is 22.8 Å². The Bertz CT molecular complexity index is 1190. The first-order chi connectivity index (χ1) is 15.1. The standard InChI is InChI=1S/C19H16ClF3N6O2S/c1-9(27-16(30)12-7-25-15-3-2-4-29(12)15)18-26-8-13(32-18)17(31)28-14-5-10(19(21,22)23)11(20)6-24-14/h5-9H,2-4H2,1H3,(H,27,30)(H,24,28,31). The minimum absolute atomic E-state index is 0.150. The van der Waals surface area contributed by atoms with E-state index in [1.807, 2.05) is 4.57 Å². The van der Waals surface area contributed by atoms with Crippen LogP contribution in [0.15, 0.2) is 24.7 Å². The van der Waals surface area contributed by atoms with E-state index in [0.717, 1.165) is 42.7 Å². The third-order valence-corrected chi connectivity index (χ3v) is 6.30. The molecule has 32 heavy (non-hydrogen) atoms. The van der Waals surface area contributed by atoms with Gasteiger partial charge in [-0.3, -0.25) is 9.59 Å². The molecule has 3 aromatic rings. The summed E-state index contributed by atoms with van der Waals surface area (Å²) in [6, 6.07) is 0.168. The average molecular weight is 485 g/mol. The van der Waals surface area contributed by atoms with Gasteiger partial charge >= 0.3 is 6.18 Å². The molecule has 0 aromatic carbocycles. The van der Waals surface area contributed by atoms with Crippen LogP contribution in [0.25, 0.3) is 0 Å². The van der Waals surface area contributed by atoms with Crippen LogP contribution >= 0.6 is 22.9 Å². The maximum Gasteiger partial charge on any atom is 0.418 e. The molecule has 4 rings (SSSR count). The van der Waals surface area contributed by atoms with Crippen LogP contribution in [-0.4, -0.2) is 31.3 Å². The van der Waals surface area contributed by atoms with E-state index in [2.05, 4.69) is 25.6 Å². The molecular weight excluding hydrogens is 469 g/mol. The number of thiazole rings is 1. The largest absolute Gasteiger partial charge is 0.418 e. The highest BCUT2D eigenvalue weighted by molar-refractivity contribution is 7.13. The molecule has 3 aromatic heterocycles. The maximum atomic E-state index is 13.0. The maximum absolute atomic E-state index is 13.0. The van der Waals surface area contributed by atoms with Crippen molar-refractivity contribution in [3.8, 4) is 0 Å². The summed E-state index contributed by atoms with van der Waals surface area (Å²) in [6.45, 7) is 2.46. The number of aryl methyl sites for hydroxylation is 1. The Morgan fingerprint density at radius 2 is 1.97 bits per heavy atom. The number of pyridine rings is 1. The second kappa shape index (κ2) is 8.51. The number of hydrogen-bond donors (Lipinski definition) is 2. The summed E-state index contributed by atoms with van der Waals surface area (Å²) in [7, 11) is 0. The SMILES string of the molecule is CC(NC(=O)c1cnc2n1CCC2)c1ncc(C(=O)Nc2cc(C(F)(F)F)c(Cl)cn2)s1. The lowest BCUT2D eigenvalue weighted by atomic mass is 10.2. The molecule has 13 heteroatoms. The van der Waals surface area contributed by atoms with Crippen LogP contribution in [0.5, 0.6) is 0 Å². The van der Waals surface area contributed by atoms with Crippen molar-refractivity contribution in [3.05, 3.63) is 56.6 Å². The molecule has 1 atom stereocenters. The molecule has 1 aliphatic heterocycles. The molecule has 8 nitrogen and oxygen atoms in total. The van der Waals surface area contributed by atoms with Gasteiger partial charge < -0.3 is 15.2 Å². The lowest BCUT2D eigenvalue weighted by molar-refractivity contribution is -0.137. The number of alkyl halides is 3. The summed E-state index contributed by atoms with van der Waals surface area (Å²) in [4.78, 5) is 37.3. The molecule has 0 saturated heterocycles. The number of carbonyl (C=O) groups excluding carboxylic acids is 2. The fraction of sp³-hybridized carbons (Fsp3) is 0.316. The first-order valence-corrected chi connectivity index (χ1v) is 10.7. The first kappa shape index (κ1) is 22.2. The van der Waals surface area contributed by atoms with Gasteiger partial charge in [0.25, 0.3) is 11.8 Å². The number of rotatable bonds is 5. The van der Waals surface area contributed by atoms with Gasteiger partial charge in [0.2, 0.25) is 0 Å². The Labute approximate surface area is 188 Å². The predicted octanol–water partition coefficient (Wildman–Crippen LogP) is 4.10. The number of carbonyl (C=O) groups is 2. The van der Waals surface area contributed by atoms with Gasteiger partial charge in [-0.15, -0.1) is 11.3 Å². The van der Waals surface area contributed by atoms with Crippen molar-refractivity contribution in [1.82, 2.24) is 24.8 Å². The topological polar surface area (TPSA) is 102 Å². The summed E-state index contributed by atoms with van der Waals surface area (Å²) in [5.74, 6) is -0.397. The fourth-order valence-corrected chi connectivity index (χ4v) is 4.29. The number of halogens is 4. The van der Waals surface area contributed by atoms with Gasteiger partial charge in [0.1, 0.15) is 27.2 Å². The summed E-state index contributed by atoms with van der Waals surface area (Å²) in [5, 5.41) is 5.03. The number of aromatic nitrogens is 4. The predicted molar refractivity (Wildman–Crippen MR) is 111 cm³/mol. The number of nitrogens with one attached hydrogen (secondary N) is 2. The first-order valence-electron chi connectivity index (χ1n) is 9.48. The monoisotopic (exact) mass is 484 g/mol. The third kappa shape index (κ3) is 4.46. The molecule has 168 valence electrons. The van der Waals surface area contributed by atoms with Crippen LogP contribution in [0.4, 0.5) is 19.0 Å².